The Hall–Kier alpha value is -1.43. The topological polar surface area (TPSA) is 78.5 Å². The molecule has 3 rings (SSSR count). The Kier molecular flexibility index (Phi) is 4.24. The third-order valence-corrected chi connectivity index (χ3v) is 4.81. The molecule has 1 saturated carbocycles. The highest BCUT2D eigenvalue weighted by atomic mass is 16.2. The summed E-state index contributed by atoms with van der Waals surface area (Å²) in [7, 11) is 0. The van der Waals surface area contributed by atoms with E-state index in [1.54, 1.807) is 0 Å². The zero-order valence-electron chi connectivity index (χ0n) is 12.3. The summed E-state index contributed by atoms with van der Waals surface area (Å²) >= 11 is 0. The average Bonchev–Trinajstić information content (AvgIpc) is 2.77. The maximum Gasteiger partial charge on any atom is 0.247 e. The van der Waals surface area contributed by atoms with Gasteiger partial charge in [0.1, 0.15) is 0 Å². The maximum atomic E-state index is 12.5. The van der Waals surface area contributed by atoms with E-state index < -0.39 is 6.04 Å². The van der Waals surface area contributed by atoms with E-state index in [-0.39, 0.29) is 36.2 Å². The van der Waals surface area contributed by atoms with E-state index in [9.17, 15) is 14.4 Å². The van der Waals surface area contributed by atoms with E-state index in [0.29, 0.717) is 6.54 Å². The van der Waals surface area contributed by atoms with Crippen molar-refractivity contribution in [3.63, 3.8) is 0 Å². The largest absolute Gasteiger partial charge is 0.355 e. The van der Waals surface area contributed by atoms with E-state index >= 15 is 0 Å². The lowest BCUT2D eigenvalue weighted by molar-refractivity contribution is -0.142. The molecule has 3 fully saturated rings. The van der Waals surface area contributed by atoms with Gasteiger partial charge in [-0.15, -0.1) is 0 Å². The van der Waals surface area contributed by atoms with Gasteiger partial charge < -0.3 is 5.32 Å². The molecule has 116 valence electrons. The molecule has 2 N–H and O–H groups in total. The van der Waals surface area contributed by atoms with Crippen LogP contribution in [-0.2, 0) is 14.4 Å². The standard InChI is InChI=1S/C15H23N3O3/c19-13-9-12(17-11-7-4-8-16-14(11)20)15(21)18(13)10-5-2-1-3-6-10/h10-12,17H,1-9H2,(H,16,20). The molecule has 6 nitrogen and oxygen atoms in total. The zero-order chi connectivity index (χ0) is 14.8. The third kappa shape index (κ3) is 2.95. The van der Waals surface area contributed by atoms with Crippen LogP contribution < -0.4 is 10.6 Å². The third-order valence-electron chi connectivity index (χ3n) is 4.81. The second kappa shape index (κ2) is 6.13. The zero-order valence-corrected chi connectivity index (χ0v) is 12.3. The molecule has 2 saturated heterocycles. The lowest BCUT2D eigenvalue weighted by Crippen LogP contribution is -2.54. The first-order valence-corrected chi connectivity index (χ1v) is 8.06. The lowest BCUT2D eigenvalue weighted by Gasteiger charge is -2.30. The summed E-state index contributed by atoms with van der Waals surface area (Å²) in [6.45, 7) is 0.697. The summed E-state index contributed by atoms with van der Waals surface area (Å²) in [5.74, 6) is -0.275. The van der Waals surface area contributed by atoms with Crippen LogP contribution in [-0.4, -0.2) is 47.3 Å². The van der Waals surface area contributed by atoms with Crippen molar-refractivity contribution in [3.05, 3.63) is 0 Å². The number of hydrogen-bond donors (Lipinski definition) is 2. The van der Waals surface area contributed by atoms with E-state index in [2.05, 4.69) is 10.6 Å². The number of piperidine rings is 1. The number of carbonyl (C=O) groups is 3. The summed E-state index contributed by atoms with van der Waals surface area (Å²) in [6.07, 6.45) is 7.05. The van der Waals surface area contributed by atoms with Crippen molar-refractivity contribution in [2.75, 3.05) is 6.54 Å². The van der Waals surface area contributed by atoms with Crippen LogP contribution in [0, 0.1) is 0 Å². The molecule has 2 atom stereocenters. The minimum atomic E-state index is -0.520. The Morgan fingerprint density at radius 3 is 2.43 bits per heavy atom. The van der Waals surface area contributed by atoms with Gasteiger partial charge in [-0.3, -0.25) is 24.6 Å². The first kappa shape index (κ1) is 14.5. The molecular formula is C15H23N3O3. The fourth-order valence-corrected chi connectivity index (χ4v) is 3.68. The summed E-state index contributed by atoms with van der Waals surface area (Å²) < 4.78 is 0. The Bertz CT molecular complexity index is 445. The van der Waals surface area contributed by atoms with Gasteiger partial charge in [0, 0.05) is 12.6 Å². The molecule has 6 heteroatoms. The molecule has 1 aliphatic carbocycles. The highest BCUT2D eigenvalue weighted by Gasteiger charge is 2.43. The molecule has 21 heavy (non-hydrogen) atoms. The van der Waals surface area contributed by atoms with Gasteiger partial charge in [0.2, 0.25) is 17.7 Å². The lowest BCUT2D eigenvalue weighted by atomic mass is 9.94. The van der Waals surface area contributed by atoms with Crippen molar-refractivity contribution < 1.29 is 14.4 Å². The van der Waals surface area contributed by atoms with Crippen molar-refractivity contribution in [1.82, 2.24) is 15.5 Å². The monoisotopic (exact) mass is 293 g/mol. The number of imide groups is 1. The van der Waals surface area contributed by atoms with Crippen LogP contribution in [0.5, 0.6) is 0 Å². The van der Waals surface area contributed by atoms with Crippen LogP contribution in [0.3, 0.4) is 0 Å². The van der Waals surface area contributed by atoms with Crippen LogP contribution >= 0.6 is 0 Å². The smallest absolute Gasteiger partial charge is 0.247 e. The Labute approximate surface area is 124 Å². The fraction of sp³-hybridized carbons (Fsp3) is 0.800. The van der Waals surface area contributed by atoms with Crippen molar-refractivity contribution in [2.45, 2.75) is 69.5 Å². The van der Waals surface area contributed by atoms with Gasteiger partial charge in [-0.25, -0.2) is 0 Å². The molecule has 0 bridgehead atoms. The van der Waals surface area contributed by atoms with E-state index in [0.717, 1.165) is 38.5 Å². The van der Waals surface area contributed by atoms with Gasteiger partial charge in [-0.1, -0.05) is 19.3 Å². The minimum absolute atomic E-state index is 0.0578. The number of likely N-dealkylation sites (tertiary alicyclic amines) is 1. The first-order valence-electron chi connectivity index (χ1n) is 8.06. The second-order valence-electron chi connectivity index (χ2n) is 6.30. The molecule has 0 radical (unpaired) electrons. The van der Waals surface area contributed by atoms with Crippen molar-refractivity contribution in [2.24, 2.45) is 0 Å². The molecular weight excluding hydrogens is 270 g/mol. The molecule has 2 unspecified atom stereocenters. The van der Waals surface area contributed by atoms with Crippen molar-refractivity contribution in [3.8, 4) is 0 Å². The molecule has 3 aliphatic rings. The number of rotatable bonds is 3. The number of carbonyl (C=O) groups excluding carboxylic acids is 3. The minimum Gasteiger partial charge on any atom is -0.355 e. The molecule has 2 aliphatic heterocycles. The summed E-state index contributed by atoms with van der Waals surface area (Å²) in [5, 5.41) is 5.89. The van der Waals surface area contributed by atoms with Crippen molar-refractivity contribution >= 4 is 17.7 Å². The Morgan fingerprint density at radius 1 is 0.952 bits per heavy atom. The first-order chi connectivity index (χ1) is 10.2. The van der Waals surface area contributed by atoms with E-state index in [4.69, 9.17) is 0 Å². The average molecular weight is 293 g/mol. The summed E-state index contributed by atoms with van der Waals surface area (Å²) in [5.41, 5.74) is 0. The summed E-state index contributed by atoms with van der Waals surface area (Å²) in [4.78, 5) is 37.9. The highest BCUT2D eigenvalue weighted by molar-refractivity contribution is 6.06. The van der Waals surface area contributed by atoms with Crippen LogP contribution in [0.15, 0.2) is 0 Å². The molecule has 2 heterocycles. The highest BCUT2D eigenvalue weighted by Crippen LogP contribution is 2.27. The van der Waals surface area contributed by atoms with Gasteiger partial charge in [0.15, 0.2) is 0 Å². The van der Waals surface area contributed by atoms with Crippen LogP contribution in [0.2, 0.25) is 0 Å². The normalized spacial score (nSPS) is 31.6. The van der Waals surface area contributed by atoms with Gasteiger partial charge >= 0.3 is 0 Å². The number of nitrogens with one attached hydrogen (secondary N) is 2. The van der Waals surface area contributed by atoms with E-state index in [1.807, 2.05) is 0 Å². The maximum absolute atomic E-state index is 12.5. The Balaban J connectivity index is 1.64. The molecule has 0 spiro atoms. The number of hydrogen-bond acceptors (Lipinski definition) is 4. The van der Waals surface area contributed by atoms with Gasteiger partial charge in [0.25, 0.3) is 0 Å². The number of nitrogens with zero attached hydrogens (tertiary/aromatic N) is 1. The van der Waals surface area contributed by atoms with Gasteiger partial charge in [-0.05, 0) is 25.7 Å². The quantitative estimate of drug-likeness (QED) is 0.734. The predicted molar refractivity (Wildman–Crippen MR) is 76.3 cm³/mol. The molecule has 0 aromatic rings. The van der Waals surface area contributed by atoms with Gasteiger partial charge in [-0.2, -0.15) is 0 Å². The molecule has 0 aromatic heterocycles. The molecule has 0 aromatic carbocycles. The fourth-order valence-electron chi connectivity index (χ4n) is 3.68. The van der Waals surface area contributed by atoms with Gasteiger partial charge in [0.05, 0.1) is 18.5 Å². The Morgan fingerprint density at radius 2 is 1.71 bits per heavy atom. The molecule has 3 amide bonds. The number of amides is 3. The second-order valence-corrected chi connectivity index (χ2v) is 6.30. The van der Waals surface area contributed by atoms with E-state index in [1.165, 1.54) is 11.3 Å². The predicted octanol–water partition coefficient (Wildman–Crippen LogP) is 0.315. The van der Waals surface area contributed by atoms with Crippen LogP contribution in [0.1, 0.15) is 51.4 Å². The SMILES string of the molecule is O=C1NCCCC1NC1CC(=O)N(C2CCCCC2)C1=O. The van der Waals surface area contributed by atoms with Crippen LogP contribution in [0.25, 0.3) is 0 Å². The van der Waals surface area contributed by atoms with Crippen molar-refractivity contribution in [1.29, 1.82) is 0 Å². The summed E-state index contributed by atoms with van der Waals surface area (Å²) in [6, 6.07) is -0.786. The van der Waals surface area contributed by atoms with Crippen LogP contribution in [0.4, 0.5) is 0 Å².